The number of methoxy groups -OCH3 is 4. The average Bonchev–Trinajstić information content (AvgIpc) is 2.94. The van der Waals surface area contributed by atoms with Gasteiger partial charge < -0.3 is 18.9 Å². The number of carbonyl (C=O) groups excluding carboxylic acids is 4. The van der Waals surface area contributed by atoms with Gasteiger partial charge in [-0.15, -0.1) is 0 Å². The third-order valence-electron chi connectivity index (χ3n) is 3.56. The van der Waals surface area contributed by atoms with E-state index in [1.165, 1.54) is 0 Å². The SMILES string of the molecule is CCN1O[C@@H](C(=O)OC)[C@@H](C(=O)OC)C1(C(=O)OC)C(=O)OC. The highest BCUT2D eigenvalue weighted by atomic mass is 16.7. The van der Waals surface area contributed by atoms with Gasteiger partial charge in [-0.2, -0.15) is 5.06 Å². The maximum atomic E-state index is 12.4. The van der Waals surface area contributed by atoms with E-state index in [9.17, 15) is 19.2 Å². The molecule has 23 heavy (non-hydrogen) atoms. The van der Waals surface area contributed by atoms with Crippen LogP contribution in [0.5, 0.6) is 0 Å². The van der Waals surface area contributed by atoms with Crippen LogP contribution < -0.4 is 0 Å². The van der Waals surface area contributed by atoms with Crippen molar-refractivity contribution in [2.24, 2.45) is 5.92 Å². The van der Waals surface area contributed by atoms with Crippen molar-refractivity contribution in [3.63, 3.8) is 0 Å². The fourth-order valence-corrected chi connectivity index (χ4v) is 2.55. The third-order valence-corrected chi connectivity index (χ3v) is 3.56. The number of rotatable bonds is 5. The van der Waals surface area contributed by atoms with E-state index in [0.29, 0.717) is 0 Å². The molecule has 10 nitrogen and oxygen atoms in total. The van der Waals surface area contributed by atoms with Crippen LogP contribution in [-0.4, -0.2) is 75.6 Å². The summed E-state index contributed by atoms with van der Waals surface area (Å²) in [6.45, 7) is 1.53. The van der Waals surface area contributed by atoms with E-state index in [2.05, 4.69) is 18.9 Å². The number of hydroxylamine groups is 2. The van der Waals surface area contributed by atoms with Crippen LogP contribution in [0, 0.1) is 5.92 Å². The van der Waals surface area contributed by atoms with Crippen molar-refractivity contribution in [2.75, 3.05) is 35.0 Å². The first-order valence-corrected chi connectivity index (χ1v) is 6.63. The van der Waals surface area contributed by atoms with Crippen molar-refractivity contribution in [2.45, 2.75) is 18.6 Å². The van der Waals surface area contributed by atoms with Gasteiger partial charge in [0.2, 0.25) is 0 Å². The summed E-state index contributed by atoms with van der Waals surface area (Å²) >= 11 is 0. The monoisotopic (exact) mass is 333 g/mol. The van der Waals surface area contributed by atoms with Crippen LogP contribution in [0.2, 0.25) is 0 Å². The fraction of sp³-hybridized carbons (Fsp3) is 0.692. The summed E-state index contributed by atoms with van der Waals surface area (Å²) in [4.78, 5) is 54.2. The predicted octanol–water partition coefficient (Wildman–Crippen LogP) is -1.33. The lowest BCUT2D eigenvalue weighted by atomic mass is 9.80. The number of likely N-dealkylation sites (N-methyl/N-ethyl adjacent to an activating group) is 1. The predicted molar refractivity (Wildman–Crippen MR) is 71.5 cm³/mol. The molecule has 0 spiro atoms. The maximum Gasteiger partial charge on any atom is 0.341 e. The lowest BCUT2D eigenvalue weighted by Crippen LogP contribution is -2.63. The molecule has 1 aliphatic rings. The summed E-state index contributed by atoms with van der Waals surface area (Å²) in [6.07, 6.45) is -1.56. The van der Waals surface area contributed by atoms with Crippen molar-refractivity contribution in [1.82, 2.24) is 5.06 Å². The van der Waals surface area contributed by atoms with Crippen molar-refractivity contribution in [1.29, 1.82) is 0 Å². The second kappa shape index (κ2) is 7.38. The van der Waals surface area contributed by atoms with Gasteiger partial charge in [0, 0.05) is 6.54 Å². The number of carbonyl (C=O) groups is 4. The van der Waals surface area contributed by atoms with Gasteiger partial charge >= 0.3 is 23.9 Å². The van der Waals surface area contributed by atoms with E-state index in [1.807, 2.05) is 0 Å². The van der Waals surface area contributed by atoms with Crippen LogP contribution in [0.25, 0.3) is 0 Å². The largest absolute Gasteiger partial charge is 0.469 e. The molecule has 1 heterocycles. The lowest BCUT2D eigenvalue weighted by Gasteiger charge is -2.32. The summed E-state index contributed by atoms with van der Waals surface area (Å²) in [5.41, 5.74) is -2.32. The highest BCUT2D eigenvalue weighted by molar-refractivity contribution is 6.10. The second-order valence-electron chi connectivity index (χ2n) is 4.49. The average molecular weight is 333 g/mol. The molecule has 1 rings (SSSR count). The van der Waals surface area contributed by atoms with E-state index in [-0.39, 0.29) is 6.54 Å². The maximum absolute atomic E-state index is 12.4. The molecule has 0 unspecified atom stereocenters. The van der Waals surface area contributed by atoms with Gasteiger partial charge in [0.05, 0.1) is 28.4 Å². The van der Waals surface area contributed by atoms with E-state index in [0.717, 1.165) is 33.5 Å². The highest BCUT2D eigenvalue weighted by Crippen LogP contribution is 2.40. The van der Waals surface area contributed by atoms with Crippen molar-refractivity contribution >= 4 is 23.9 Å². The minimum absolute atomic E-state index is 0.0226. The Morgan fingerprint density at radius 2 is 1.39 bits per heavy atom. The molecule has 130 valence electrons. The Bertz CT molecular complexity index is 488. The molecule has 0 radical (unpaired) electrons. The van der Waals surface area contributed by atoms with Gasteiger partial charge in [0.1, 0.15) is 5.92 Å². The highest BCUT2D eigenvalue weighted by Gasteiger charge is 2.71. The zero-order chi connectivity index (χ0) is 17.8. The molecule has 1 saturated heterocycles. The molecular formula is C13H19NO9. The molecule has 1 fully saturated rings. The van der Waals surface area contributed by atoms with Gasteiger partial charge in [-0.1, -0.05) is 6.92 Å². The molecule has 0 amide bonds. The molecule has 0 aromatic heterocycles. The summed E-state index contributed by atoms with van der Waals surface area (Å²) in [5.74, 6) is -5.86. The Hall–Kier alpha value is -2.20. The topological polar surface area (TPSA) is 118 Å². The smallest absolute Gasteiger partial charge is 0.341 e. The number of hydrogen-bond donors (Lipinski definition) is 0. The van der Waals surface area contributed by atoms with Gasteiger partial charge in [-0.25, -0.2) is 14.4 Å². The Morgan fingerprint density at radius 1 is 0.913 bits per heavy atom. The third kappa shape index (κ3) is 2.75. The first-order chi connectivity index (χ1) is 10.9. The first kappa shape index (κ1) is 18.8. The summed E-state index contributed by atoms with van der Waals surface area (Å²) in [5, 5.41) is 0.869. The molecule has 0 N–H and O–H groups in total. The first-order valence-electron chi connectivity index (χ1n) is 6.63. The van der Waals surface area contributed by atoms with Crippen LogP contribution in [0.4, 0.5) is 0 Å². The molecule has 0 saturated carbocycles. The molecule has 0 bridgehead atoms. The van der Waals surface area contributed by atoms with Crippen molar-refractivity contribution < 1.29 is 43.0 Å². The quantitative estimate of drug-likeness (QED) is 0.340. The zero-order valence-electron chi connectivity index (χ0n) is 13.5. The molecule has 10 heteroatoms. The van der Waals surface area contributed by atoms with Crippen LogP contribution in [0.3, 0.4) is 0 Å². The Labute approximate surface area is 132 Å². The second-order valence-corrected chi connectivity index (χ2v) is 4.49. The number of esters is 4. The molecule has 0 aromatic carbocycles. The van der Waals surface area contributed by atoms with E-state index in [4.69, 9.17) is 4.84 Å². The summed E-state index contributed by atoms with van der Waals surface area (Å²) < 4.78 is 18.5. The Morgan fingerprint density at radius 3 is 1.74 bits per heavy atom. The summed E-state index contributed by atoms with van der Waals surface area (Å²) in [7, 11) is 4.18. The normalized spacial score (nSPS) is 23.0. The standard InChI is InChI=1S/C13H19NO9/c1-6-14-13(11(17)21-4,12(18)22-5)7(9(15)19-2)8(23-14)10(16)20-3/h7-8H,6H2,1-5H3/t7-,8+/m0/s1. The number of nitrogens with zero attached hydrogens (tertiary/aromatic N) is 1. The van der Waals surface area contributed by atoms with E-state index >= 15 is 0 Å². The Balaban J connectivity index is 3.62. The van der Waals surface area contributed by atoms with Crippen LogP contribution in [0.15, 0.2) is 0 Å². The van der Waals surface area contributed by atoms with Crippen LogP contribution in [0.1, 0.15) is 6.92 Å². The molecular weight excluding hydrogens is 314 g/mol. The molecule has 0 aromatic rings. The minimum atomic E-state index is -2.32. The van der Waals surface area contributed by atoms with Crippen LogP contribution in [-0.2, 0) is 43.0 Å². The van der Waals surface area contributed by atoms with Crippen molar-refractivity contribution in [3.8, 4) is 0 Å². The van der Waals surface area contributed by atoms with Crippen LogP contribution >= 0.6 is 0 Å². The van der Waals surface area contributed by atoms with Gasteiger partial charge in [0.25, 0.3) is 5.54 Å². The molecule has 0 aliphatic carbocycles. The van der Waals surface area contributed by atoms with Gasteiger partial charge in [0.15, 0.2) is 6.10 Å². The Kier molecular flexibility index (Phi) is 6.05. The lowest BCUT2D eigenvalue weighted by molar-refractivity contribution is -0.214. The fourth-order valence-electron chi connectivity index (χ4n) is 2.55. The molecule has 2 atom stereocenters. The molecule has 1 aliphatic heterocycles. The number of hydrogen-bond acceptors (Lipinski definition) is 10. The number of ether oxygens (including phenoxy) is 4. The summed E-state index contributed by atoms with van der Waals surface area (Å²) in [6, 6.07) is 0. The van der Waals surface area contributed by atoms with E-state index in [1.54, 1.807) is 6.92 Å². The van der Waals surface area contributed by atoms with Gasteiger partial charge in [-0.3, -0.25) is 9.63 Å². The van der Waals surface area contributed by atoms with Crippen molar-refractivity contribution in [3.05, 3.63) is 0 Å². The van der Waals surface area contributed by atoms with Gasteiger partial charge in [-0.05, 0) is 0 Å². The zero-order valence-corrected chi connectivity index (χ0v) is 13.5. The minimum Gasteiger partial charge on any atom is -0.469 e. The van der Waals surface area contributed by atoms with E-state index < -0.39 is 41.4 Å².